The summed E-state index contributed by atoms with van der Waals surface area (Å²) in [5.74, 6) is -0.690. The molecule has 0 bridgehead atoms. The summed E-state index contributed by atoms with van der Waals surface area (Å²) in [6.45, 7) is 0.511. The zero-order valence-corrected chi connectivity index (χ0v) is 9.50. The Labute approximate surface area is 101 Å². The average molecular weight is 251 g/mol. The number of non-ortho nitro benzene ring substituents is 1. The molecule has 0 aliphatic heterocycles. The smallest absolute Gasteiger partial charge is 0.274 e. The lowest BCUT2D eigenvalue weighted by Crippen LogP contribution is -2.05. The van der Waals surface area contributed by atoms with E-state index in [9.17, 15) is 14.5 Å². The van der Waals surface area contributed by atoms with Crippen molar-refractivity contribution < 1.29 is 9.31 Å². The van der Waals surface area contributed by atoms with E-state index in [1.807, 2.05) is 0 Å². The molecule has 2 rings (SSSR count). The lowest BCUT2D eigenvalue weighted by Gasteiger charge is -2.00. The highest BCUT2D eigenvalue weighted by Gasteiger charge is 2.12. The van der Waals surface area contributed by atoms with Crippen molar-refractivity contribution in [2.24, 2.45) is 0 Å². The van der Waals surface area contributed by atoms with Gasteiger partial charge in [0.2, 0.25) is 0 Å². The topological polar surface area (TPSA) is 85.9 Å². The summed E-state index contributed by atoms with van der Waals surface area (Å²) in [6, 6.07) is 3.25. The SMILES string of the molecule is CNCc1cn(-c2cc(F)cc([N+](=O)[O-])c2)nn1. The van der Waals surface area contributed by atoms with E-state index in [0.29, 0.717) is 12.2 Å². The van der Waals surface area contributed by atoms with Crippen LogP contribution < -0.4 is 5.32 Å². The molecule has 94 valence electrons. The third kappa shape index (κ3) is 2.48. The quantitative estimate of drug-likeness (QED) is 0.648. The van der Waals surface area contributed by atoms with E-state index in [1.54, 1.807) is 13.2 Å². The molecule has 0 unspecified atom stereocenters. The highest BCUT2D eigenvalue weighted by Crippen LogP contribution is 2.18. The summed E-state index contributed by atoms with van der Waals surface area (Å²) in [5, 5.41) is 21.1. The second-order valence-corrected chi connectivity index (χ2v) is 3.61. The van der Waals surface area contributed by atoms with E-state index in [2.05, 4.69) is 15.6 Å². The van der Waals surface area contributed by atoms with Crippen molar-refractivity contribution in [3.63, 3.8) is 0 Å². The Morgan fingerprint density at radius 3 is 2.94 bits per heavy atom. The van der Waals surface area contributed by atoms with Crippen molar-refractivity contribution in [3.8, 4) is 5.69 Å². The number of hydrogen-bond acceptors (Lipinski definition) is 5. The van der Waals surface area contributed by atoms with Crippen molar-refractivity contribution in [1.29, 1.82) is 0 Å². The first-order valence-corrected chi connectivity index (χ1v) is 5.11. The third-order valence-electron chi connectivity index (χ3n) is 2.24. The maximum absolute atomic E-state index is 13.3. The molecule has 0 saturated heterocycles. The minimum atomic E-state index is -0.690. The van der Waals surface area contributed by atoms with E-state index in [4.69, 9.17) is 0 Å². The van der Waals surface area contributed by atoms with Gasteiger partial charge in [-0.2, -0.15) is 0 Å². The summed E-state index contributed by atoms with van der Waals surface area (Å²) in [5.41, 5.74) is 0.594. The van der Waals surface area contributed by atoms with Crippen LogP contribution in [0.25, 0.3) is 5.69 Å². The lowest BCUT2D eigenvalue weighted by molar-refractivity contribution is -0.385. The van der Waals surface area contributed by atoms with E-state index in [0.717, 1.165) is 12.1 Å². The van der Waals surface area contributed by atoms with Gasteiger partial charge in [0, 0.05) is 18.7 Å². The van der Waals surface area contributed by atoms with Gasteiger partial charge in [-0.15, -0.1) is 5.10 Å². The predicted octanol–water partition coefficient (Wildman–Crippen LogP) is 1.03. The van der Waals surface area contributed by atoms with Gasteiger partial charge in [0.15, 0.2) is 0 Å². The second kappa shape index (κ2) is 4.88. The number of halogens is 1. The Balaban J connectivity index is 2.39. The Bertz CT molecular complexity index is 583. The van der Waals surface area contributed by atoms with Crippen LogP contribution in [0.15, 0.2) is 24.4 Å². The zero-order chi connectivity index (χ0) is 13.1. The summed E-state index contributed by atoms with van der Waals surface area (Å²) in [4.78, 5) is 9.97. The second-order valence-electron chi connectivity index (χ2n) is 3.61. The molecule has 1 aromatic carbocycles. The summed E-state index contributed by atoms with van der Waals surface area (Å²) < 4.78 is 14.5. The predicted molar refractivity (Wildman–Crippen MR) is 60.7 cm³/mol. The van der Waals surface area contributed by atoms with Gasteiger partial charge in [-0.1, -0.05) is 5.21 Å². The Morgan fingerprint density at radius 2 is 2.28 bits per heavy atom. The number of rotatable bonds is 4. The summed E-state index contributed by atoms with van der Waals surface area (Å²) in [6.07, 6.45) is 1.58. The van der Waals surface area contributed by atoms with Gasteiger partial charge < -0.3 is 5.32 Å². The van der Waals surface area contributed by atoms with Crippen LogP contribution in [0.3, 0.4) is 0 Å². The van der Waals surface area contributed by atoms with E-state index in [1.165, 1.54) is 10.7 Å². The Morgan fingerprint density at radius 1 is 1.50 bits per heavy atom. The molecule has 8 heteroatoms. The zero-order valence-electron chi connectivity index (χ0n) is 9.50. The molecule has 1 heterocycles. The molecule has 18 heavy (non-hydrogen) atoms. The summed E-state index contributed by atoms with van der Waals surface area (Å²) in [7, 11) is 1.76. The first-order chi connectivity index (χ1) is 8.60. The lowest BCUT2D eigenvalue weighted by atomic mass is 10.2. The highest BCUT2D eigenvalue weighted by molar-refractivity contribution is 5.43. The van der Waals surface area contributed by atoms with Crippen molar-refractivity contribution in [3.05, 3.63) is 46.0 Å². The van der Waals surface area contributed by atoms with Gasteiger partial charge in [0.25, 0.3) is 5.69 Å². The largest absolute Gasteiger partial charge is 0.314 e. The molecule has 0 spiro atoms. The number of hydrogen-bond donors (Lipinski definition) is 1. The van der Waals surface area contributed by atoms with Gasteiger partial charge in [0.05, 0.1) is 28.6 Å². The average Bonchev–Trinajstić information content (AvgIpc) is 2.77. The third-order valence-corrected chi connectivity index (χ3v) is 2.24. The van der Waals surface area contributed by atoms with Crippen molar-refractivity contribution >= 4 is 5.69 Å². The van der Waals surface area contributed by atoms with Crippen molar-refractivity contribution in [2.45, 2.75) is 6.54 Å². The first-order valence-electron chi connectivity index (χ1n) is 5.11. The molecule has 0 fully saturated rings. The Hall–Kier alpha value is -2.35. The minimum absolute atomic E-state index is 0.261. The van der Waals surface area contributed by atoms with E-state index >= 15 is 0 Å². The fourth-order valence-electron chi connectivity index (χ4n) is 1.48. The maximum atomic E-state index is 13.3. The number of benzene rings is 1. The van der Waals surface area contributed by atoms with Gasteiger partial charge in [-0.25, -0.2) is 9.07 Å². The molecule has 2 aromatic rings. The standard InChI is InChI=1S/C10H10FN5O2/c1-12-5-8-6-15(14-13-8)9-2-7(11)3-10(4-9)16(17)18/h2-4,6,12H,5H2,1H3. The van der Waals surface area contributed by atoms with Crippen LogP contribution in [0, 0.1) is 15.9 Å². The molecule has 0 atom stereocenters. The molecular formula is C10H10FN5O2. The van der Waals surface area contributed by atoms with Crippen LogP contribution in [0.5, 0.6) is 0 Å². The molecule has 1 N–H and O–H groups in total. The van der Waals surface area contributed by atoms with Crippen LogP contribution in [-0.4, -0.2) is 27.0 Å². The molecular weight excluding hydrogens is 241 g/mol. The molecule has 0 aliphatic rings. The fraction of sp³-hybridized carbons (Fsp3) is 0.200. The van der Waals surface area contributed by atoms with Crippen LogP contribution >= 0.6 is 0 Å². The number of nitrogens with zero attached hydrogens (tertiary/aromatic N) is 4. The molecule has 0 radical (unpaired) electrons. The number of nitrogens with one attached hydrogen (secondary N) is 1. The number of nitro groups is 1. The monoisotopic (exact) mass is 251 g/mol. The molecule has 0 amide bonds. The first kappa shape index (κ1) is 12.1. The van der Waals surface area contributed by atoms with Crippen LogP contribution in [0.4, 0.5) is 10.1 Å². The van der Waals surface area contributed by atoms with Crippen molar-refractivity contribution in [1.82, 2.24) is 20.3 Å². The van der Waals surface area contributed by atoms with Gasteiger partial charge in [-0.3, -0.25) is 10.1 Å². The highest BCUT2D eigenvalue weighted by atomic mass is 19.1. The molecule has 1 aromatic heterocycles. The van der Waals surface area contributed by atoms with E-state index in [-0.39, 0.29) is 11.4 Å². The van der Waals surface area contributed by atoms with Gasteiger partial charge in [0.1, 0.15) is 5.82 Å². The van der Waals surface area contributed by atoms with Crippen LogP contribution in [0.1, 0.15) is 5.69 Å². The molecule has 0 aliphatic carbocycles. The van der Waals surface area contributed by atoms with Gasteiger partial charge >= 0.3 is 0 Å². The molecule has 0 saturated carbocycles. The number of nitro benzene ring substituents is 1. The maximum Gasteiger partial charge on any atom is 0.274 e. The van der Waals surface area contributed by atoms with Crippen LogP contribution in [-0.2, 0) is 6.54 Å². The minimum Gasteiger partial charge on any atom is -0.314 e. The number of aromatic nitrogens is 3. The van der Waals surface area contributed by atoms with Crippen LogP contribution in [0.2, 0.25) is 0 Å². The van der Waals surface area contributed by atoms with E-state index < -0.39 is 10.7 Å². The normalized spacial score (nSPS) is 10.6. The van der Waals surface area contributed by atoms with Crippen molar-refractivity contribution in [2.75, 3.05) is 7.05 Å². The summed E-state index contributed by atoms with van der Waals surface area (Å²) >= 11 is 0. The molecule has 7 nitrogen and oxygen atoms in total. The fourth-order valence-corrected chi connectivity index (χ4v) is 1.48. The van der Waals surface area contributed by atoms with Gasteiger partial charge in [-0.05, 0) is 7.05 Å². The Kier molecular flexibility index (Phi) is 3.28.